The van der Waals surface area contributed by atoms with Gasteiger partial charge < -0.3 is 43.4 Å². The second-order valence-electron chi connectivity index (χ2n) is 6.99. The normalized spacial score (nSPS) is 15.4. The van der Waals surface area contributed by atoms with E-state index in [1.165, 1.54) is 6.92 Å². The molecule has 0 aliphatic rings. The summed E-state index contributed by atoms with van der Waals surface area (Å²) in [7, 11) is 0. The Morgan fingerprint density at radius 3 is 1.78 bits per heavy atom. The quantitative estimate of drug-likeness (QED) is 0.103. The summed E-state index contributed by atoms with van der Waals surface area (Å²) in [6, 6.07) is -5.52. The molecule has 15 heteroatoms. The molecule has 0 saturated carbocycles. The van der Waals surface area contributed by atoms with Crippen molar-refractivity contribution >= 4 is 48.1 Å². The number of nitrogens with one attached hydrogen (secondary N) is 3. The first kappa shape index (κ1) is 29.1. The Morgan fingerprint density at radius 2 is 1.34 bits per heavy atom. The highest BCUT2D eigenvalue weighted by Crippen LogP contribution is 2.03. The van der Waals surface area contributed by atoms with E-state index in [2.05, 4.69) is 28.6 Å². The van der Waals surface area contributed by atoms with Crippen molar-refractivity contribution in [2.24, 2.45) is 17.2 Å². The van der Waals surface area contributed by atoms with Crippen molar-refractivity contribution in [2.75, 3.05) is 5.75 Å². The number of carboxylic acid groups (broad SMARTS) is 1. The first-order chi connectivity index (χ1) is 14.8. The summed E-state index contributed by atoms with van der Waals surface area (Å²) in [5, 5.41) is 25.6. The highest BCUT2D eigenvalue weighted by atomic mass is 32.1. The molecule has 0 heterocycles. The van der Waals surface area contributed by atoms with Gasteiger partial charge in [-0.15, -0.1) is 0 Å². The zero-order chi connectivity index (χ0) is 25.0. The molecule has 0 aromatic heterocycles. The van der Waals surface area contributed by atoms with Crippen LogP contribution in [0.5, 0.6) is 0 Å². The molecule has 0 aliphatic heterocycles. The van der Waals surface area contributed by atoms with Crippen molar-refractivity contribution < 1.29 is 39.0 Å². The van der Waals surface area contributed by atoms with E-state index in [1.807, 2.05) is 0 Å². The maximum atomic E-state index is 12.6. The van der Waals surface area contributed by atoms with E-state index in [9.17, 15) is 33.9 Å². The van der Waals surface area contributed by atoms with Gasteiger partial charge in [-0.3, -0.25) is 24.0 Å². The van der Waals surface area contributed by atoms with E-state index >= 15 is 0 Å². The molecule has 5 atom stereocenters. The molecule has 0 aliphatic carbocycles. The number of hydrogen-bond acceptors (Lipinski definition) is 9. The number of rotatable bonds is 15. The molecule has 0 rings (SSSR count). The molecule has 32 heavy (non-hydrogen) atoms. The van der Waals surface area contributed by atoms with Crippen LogP contribution >= 0.6 is 12.6 Å². The smallest absolute Gasteiger partial charge is 0.327 e. The van der Waals surface area contributed by atoms with Gasteiger partial charge in [-0.05, 0) is 19.8 Å². The minimum atomic E-state index is -1.55. The third-order valence-corrected chi connectivity index (χ3v) is 4.58. The van der Waals surface area contributed by atoms with Gasteiger partial charge in [0.2, 0.25) is 29.5 Å². The molecule has 0 aromatic carbocycles. The van der Waals surface area contributed by atoms with Gasteiger partial charge in [-0.1, -0.05) is 0 Å². The van der Waals surface area contributed by atoms with Crippen molar-refractivity contribution in [2.45, 2.75) is 62.9 Å². The van der Waals surface area contributed by atoms with E-state index in [0.29, 0.717) is 0 Å². The van der Waals surface area contributed by atoms with Crippen LogP contribution in [0.4, 0.5) is 0 Å². The number of primary amides is 2. The second kappa shape index (κ2) is 14.2. The monoisotopic (exact) mass is 478 g/mol. The Balaban J connectivity index is 5.37. The molecular formula is C17H30N6O8S. The molecule has 0 radical (unpaired) electrons. The lowest BCUT2D eigenvalue weighted by Crippen LogP contribution is -2.60. The molecule has 5 amide bonds. The van der Waals surface area contributed by atoms with Crippen molar-refractivity contribution in [3.8, 4) is 0 Å². The lowest BCUT2D eigenvalue weighted by molar-refractivity contribution is -0.142. The van der Waals surface area contributed by atoms with Crippen LogP contribution in [0, 0.1) is 0 Å². The fraction of sp³-hybridized carbons (Fsp3) is 0.647. The van der Waals surface area contributed by atoms with Crippen LogP contribution in [-0.4, -0.2) is 81.7 Å². The molecule has 182 valence electrons. The zero-order valence-corrected chi connectivity index (χ0v) is 18.3. The van der Waals surface area contributed by atoms with Gasteiger partial charge >= 0.3 is 5.97 Å². The number of aliphatic hydroxyl groups excluding tert-OH is 1. The predicted molar refractivity (Wildman–Crippen MR) is 114 cm³/mol. The van der Waals surface area contributed by atoms with Gasteiger partial charge in [-0.25, -0.2) is 4.79 Å². The number of carbonyl (C=O) groups is 6. The van der Waals surface area contributed by atoms with E-state index in [4.69, 9.17) is 22.3 Å². The van der Waals surface area contributed by atoms with Crippen LogP contribution in [-0.2, 0) is 28.8 Å². The van der Waals surface area contributed by atoms with Crippen molar-refractivity contribution in [3.63, 3.8) is 0 Å². The molecular weight excluding hydrogens is 448 g/mol. The minimum absolute atomic E-state index is 0.0980. The number of aliphatic hydroxyl groups is 1. The van der Waals surface area contributed by atoms with Crippen LogP contribution < -0.4 is 33.2 Å². The van der Waals surface area contributed by atoms with Crippen molar-refractivity contribution in [3.05, 3.63) is 0 Å². The number of thiol groups is 1. The summed E-state index contributed by atoms with van der Waals surface area (Å²) in [6.07, 6.45) is -2.29. The van der Waals surface area contributed by atoms with E-state index < -0.39 is 65.8 Å². The largest absolute Gasteiger partial charge is 0.480 e. The van der Waals surface area contributed by atoms with E-state index in [-0.39, 0.29) is 31.4 Å². The average molecular weight is 479 g/mol. The Kier molecular flexibility index (Phi) is 12.9. The number of hydrogen-bond donors (Lipinski definition) is 9. The van der Waals surface area contributed by atoms with E-state index in [1.54, 1.807) is 0 Å². The molecule has 0 aromatic rings. The summed E-state index contributed by atoms with van der Waals surface area (Å²) in [6.45, 7) is 1.19. The van der Waals surface area contributed by atoms with Gasteiger partial charge in [0.05, 0.1) is 12.1 Å². The number of carboxylic acids is 1. The fourth-order valence-corrected chi connectivity index (χ4v) is 2.62. The maximum absolute atomic E-state index is 12.6. The molecule has 0 spiro atoms. The van der Waals surface area contributed by atoms with Crippen molar-refractivity contribution in [1.29, 1.82) is 0 Å². The summed E-state index contributed by atoms with van der Waals surface area (Å²) in [5.41, 5.74) is 15.7. The second-order valence-corrected chi connectivity index (χ2v) is 7.35. The topological polar surface area (TPSA) is 257 Å². The number of nitrogens with two attached hydrogens (primary N) is 3. The summed E-state index contributed by atoms with van der Waals surface area (Å²) in [4.78, 5) is 70.3. The van der Waals surface area contributed by atoms with Crippen LogP contribution in [0.2, 0.25) is 0 Å². The number of amides is 5. The zero-order valence-electron chi connectivity index (χ0n) is 17.4. The Labute approximate surface area is 189 Å². The summed E-state index contributed by atoms with van der Waals surface area (Å²) < 4.78 is 0. The van der Waals surface area contributed by atoms with Crippen LogP contribution in [0.1, 0.15) is 32.6 Å². The Morgan fingerprint density at radius 1 is 0.844 bits per heavy atom. The first-order valence-corrected chi connectivity index (χ1v) is 10.2. The van der Waals surface area contributed by atoms with E-state index in [0.717, 1.165) is 0 Å². The highest BCUT2D eigenvalue weighted by molar-refractivity contribution is 7.80. The third kappa shape index (κ3) is 10.9. The van der Waals surface area contributed by atoms with Crippen molar-refractivity contribution in [1.82, 2.24) is 16.0 Å². The van der Waals surface area contributed by atoms with Gasteiger partial charge in [0.15, 0.2) is 0 Å². The number of aliphatic carboxylic acids is 1. The summed E-state index contributed by atoms with van der Waals surface area (Å²) in [5.74, 6) is -5.86. The molecule has 0 saturated heterocycles. The van der Waals surface area contributed by atoms with Gasteiger partial charge in [0.1, 0.15) is 18.1 Å². The molecule has 0 bridgehead atoms. The third-order valence-electron chi connectivity index (χ3n) is 4.21. The van der Waals surface area contributed by atoms with Crippen LogP contribution in [0.25, 0.3) is 0 Å². The van der Waals surface area contributed by atoms with Crippen LogP contribution in [0.15, 0.2) is 0 Å². The van der Waals surface area contributed by atoms with Gasteiger partial charge in [-0.2, -0.15) is 12.6 Å². The highest BCUT2D eigenvalue weighted by Gasteiger charge is 2.32. The van der Waals surface area contributed by atoms with Crippen LogP contribution in [0.3, 0.4) is 0 Å². The lowest BCUT2D eigenvalue weighted by atomic mass is 10.1. The standard InChI is InChI=1S/C17H30N6O8S/c1-7(24)13(23-14(27)8(18)2-4-11(19)25)16(29)21-9(3-5-12(20)26)15(28)22-10(6-32)17(30)31/h7-10,13,24,32H,2-6,18H2,1H3,(H2,19,25)(H2,20,26)(H,21,29)(H,22,28)(H,23,27)(H,30,31). The maximum Gasteiger partial charge on any atom is 0.327 e. The fourth-order valence-electron chi connectivity index (χ4n) is 2.37. The lowest BCUT2D eigenvalue weighted by Gasteiger charge is -2.26. The minimum Gasteiger partial charge on any atom is -0.480 e. The Hall–Kier alpha value is -2.91. The van der Waals surface area contributed by atoms with Gasteiger partial charge in [0.25, 0.3) is 0 Å². The predicted octanol–water partition coefficient (Wildman–Crippen LogP) is -4.31. The SMILES string of the molecule is CC(O)C(NC(=O)C(N)CCC(N)=O)C(=O)NC(CCC(N)=O)C(=O)NC(CS)C(=O)O. The molecule has 5 unspecified atom stereocenters. The molecule has 14 nitrogen and oxygen atoms in total. The Bertz CT molecular complexity index is 719. The molecule has 0 fully saturated rings. The molecule has 11 N–H and O–H groups in total. The number of carbonyl (C=O) groups excluding carboxylic acids is 5. The van der Waals surface area contributed by atoms with Gasteiger partial charge in [0, 0.05) is 18.6 Å². The summed E-state index contributed by atoms with van der Waals surface area (Å²) >= 11 is 3.82. The first-order valence-electron chi connectivity index (χ1n) is 9.55. The average Bonchev–Trinajstić information content (AvgIpc) is 2.69.